The molecule has 11 heteroatoms. The first-order valence-corrected chi connectivity index (χ1v) is 9.62. The van der Waals surface area contributed by atoms with Crippen LogP contribution in [0.1, 0.15) is 31.2 Å². The van der Waals surface area contributed by atoms with Gasteiger partial charge in [-0.05, 0) is 37.8 Å². The zero-order chi connectivity index (χ0) is 20.2. The third kappa shape index (κ3) is 4.33. The van der Waals surface area contributed by atoms with Crippen LogP contribution in [0.15, 0.2) is 23.3 Å². The molecule has 1 aromatic heterocycles. The molecular formula is C18H22N8O3. The average Bonchev–Trinajstić information content (AvgIpc) is 3.43. The first-order valence-electron chi connectivity index (χ1n) is 9.62. The van der Waals surface area contributed by atoms with Gasteiger partial charge < -0.3 is 14.9 Å². The van der Waals surface area contributed by atoms with Gasteiger partial charge in [0.2, 0.25) is 17.8 Å². The van der Waals surface area contributed by atoms with Crippen molar-refractivity contribution in [3.8, 4) is 5.75 Å². The van der Waals surface area contributed by atoms with Crippen LogP contribution in [0.2, 0.25) is 0 Å². The van der Waals surface area contributed by atoms with E-state index >= 15 is 0 Å². The molecule has 0 bridgehead atoms. The maximum atomic E-state index is 10.9. The molecule has 2 aromatic rings. The van der Waals surface area contributed by atoms with Gasteiger partial charge >= 0.3 is 5.69 Å². The summed E-state index contributed by atoms with van der Waals surface area (Å²) >= 11 is 0. The van der Waals surface area contributed by atoms with Gasteiger partial charge in [0.25, 0.3) is 0 Å². The Kier molecular flexibility index (Phi) is 5.36. The monoisotopic (exact) mass is 398 g/mol. The maximum Gasteiger partial charge on any atom is 0.311 e. The minimum atomic E-state index is -0.642. The summed E-state index contributed by atoms with van der Waals surface area (Å²) in [6.07, 6.45) is 5.88. The summed E-state index contributed by atoms with van der Waals surface area (Å²) in [6, 6.07) is 4.05. The molecule has 0 spiro atoms. The number of nitro benzene ring substituents is 1. The van der Waals surface area contributed by atoms with E-state index in [0.717, 1.165) is 51.9 Å². The van der Waals surface area contributed by atoms with Crippen LogP contribution in [0.25, 0.3) is 0 Å². The van der Waals surface area contributed by atoms with Gasteiger partial charge in [0, 0.05) is 37.8 Å². The van der Waals surface area contributed by atoms with E-state index in [9.17, 15) is 15.2 Å². The number of benzene rings is 1. The van der Waals surface area contributed by atoms with Crippen molar-refractivity contribution in [2.75, 3.05) is 41.4 Å². The van der Waals surface area contributed by atoms with Gasteiger partial charge in [0.15, 0.2) is 5.75 Å². The summed E-state index contributed by atoms with van der Waals surface area (Å²) in [6.45, 7) is 3.68. The lowest BCUT2D eigenvalue weighted by Gasteiger charge is -2.20. The molecule has 0 unspecified atom stereocenters. The van der Waals surface area contributed by atoms with Crippen LogP contribution >= 0.6 is 0 Å². The van der Waals surface area contributed by atoms with Gasteiger partial charge in [-0.2, -0.15) is 20.1 Å². The average molecular weight is 398 g/mol. The lowest BCUT2D eigenvalue weighted by Crippen LogP contribution is -2.25. The molecule has 2 aliphatic rings. The summed E-state index contributed by atoms with van der Waals surface area (Å²) in [4.78, 5) is 28.2. The maximum absolute atomic E-state index is 10.9. The molecular weight excluding hydrogens is 376 g/mol. The molecule has 2 N–H and O–H groups in total. The van der Waals surface area contributed by atoms with Crippen molar-refractivity contribution in [1.29, 1.82) is 0 Å². The number of hydrazone groups is 1. The highest BCUT2D eigenvalue weighted by atomic mass is 16.6. The van der Waals surface area contributed by atoms with E-state index in [1.54, 1.807) is 0 Å². The predicted molar refractivity (Wildman–Crippen MR) is 109 cm³/mol. The molecule has 1 aromatic carbocycles. The first kappa shape index (κ1) is 18.8. The van der Waals surface area contributed by atoms with Gasteiger partial charge in [-0.25, -0.2) is 5.43 Å². The first-order chi connectivity index (χ1) is 14.1. The quantitative estimate of drug-likeness (QED) is 0.426. The van der Waals surface area contributed by atoms with E-state index in [2.05, 4.69) is 35.3 Å². The molecule has 0 aliphatic carbocycles. The van der Waals surface area contributed by atoms with Gasteiger partial charge in [0.1, 0.15) is 0 Å². The number of phenolic OH excluding ortho intramolecular Hbond substituents is 1. The zero-order valence-electron chi connectivity index (χ0n) is 15.9. The topological polar surface area (TPSA) is 133 Å². The number of nitrogens with zero attached hydrogens (tertiary/aromatic N) is 7. The molecule has 2 saturated heterocycles. The van der Waals surface area contributed by atoms with Gasteiger partial charge in [-0.3, -0.25) is 10.1 Å². The predicted octanol–water partition coefficient (Wildman–Crippen LogP) is 2.13. The molecule has 29 heavy (non-hydrogen) atoms. The van der Waals surface area contributed by atoms with Crippen LogP contribution in [0.4, 0.5) is 23.5 Å². The van der Waals surface area contributed by atoms with Crippen LogP contribution in [-0.4, -0.2) is 57.4 Å². The van der Waals surface area contributed by atoms with Crippen molar-refractivity contribution in [3.63, 3.8) is 0 Å². The second-order valence-corrected chi connectivity index (χ2v) is 7.02. The van der Waals surface area contributed by atoms with Crippen LogP contribution in [0, 0.1) is 10.1 Å². The van der Waals surface area contributed by atoms with Crippen molar-refractivity contribution in [2.45, 2.75) is 25.7 Å². The van der Waals surface area contributed by atoms with Crippen LogP contribution in [0.3, 0.4) is 0 Å². The Morgan fingerprint density at radius 2 is 1.62 bits per heavy atom. The van der Waals surface area contributed by atoms with E-state index < -0.39 is 4.92 Å². The Bertz CT molecular complexity index is 889. The van der Waals surface area contributed by atoms with Crippen molar-refractivity contribution in [3.05, 3.63) is 33.9 Å². The molecule has 3 heterocycles. The van der Waals surface area contributed by atoms with E-state index in [4.69, 9.17) is 0 Å². The SMILES string of the molecule is O=[N+]([O-])c1cc(/C=N\Nc2nc(N3CCCC3)nc(N3CCCC3)n2)ccc1O. The second kappa shape index (κ2) is 8.25. The molecule has 11 nitrogen and oxygen atoms in total. The molecule has 0 saturated carbocycles. The second-order valence-electron chi connectivity index (χ2n) is 7.02. The third-order valence-corrected chi connectivity index (χ3v) is 4.96. The number of rotatable bonds is 6. The highest BCUT2D eigenvalue weighted by Gasteiger charge is 2.21. The van der Waals surface area contributed by atoms with Crippen LogP contribution in [0.5, 0.6) is 5.75 Å². The van der Waals surface area contributed by atoms with Gasteiger partial charge in [0.05, 0.1) is 11.1 Å². The fraction of sp³-hybridized carbons (Fsp3) is 0.444. The highest BCUT2D eigenvalue weighted by molar-refractivity contribution is 5.81. The van der Waals surface area contributed by atoms with Crippen LogP contribution < -0.4 is 15.2 Å². The number of phenols is 1. The van der Waals surface area contributed by atoms with Crippen molar-refractivity contribution in [2.24, 2.45) is 5.10 Å². The van der Waals surface area contributed by atoms with Crippen molar-refractivity contribution in [1.82, 2.24) is 15.0 Å². The van der Waals surface area contributed by atoms with Gasteiger partial charge in [-0.1, -0.05) is 0 Å². The molecule has 0 amide bonds. The van der Waals surface area contributed by atoms with Gasteiger partial charge in [-0.15, -0.1) is 0 Å². The number of hydrogen-bond acceptors (Lipinski definition) is 10. The Hall–Kier alpha value is -3.50. The Morgan fingerprint density at radius 1 is 1.03 bits per heavy atom. The highest BCUT2D eigenvalue weighted by Crippen LogP contribution is 2.26. The number of aromatic nitrogens is 3. The summed E-state index contributed by atoms with van der Waals surface area (Å²) < 4.78 is 0. The molecule has 152 valence electrons. The number of nitro groups is 1. The van der Waals surface area contributed by atoms with Crippen molar-refractivity contribution < 1.29 is 10.0 Å². The minimum Gasteiger partial charge on any atom is -0.502 e. The molecule has 4 rings (SSSR count). The summed E-state index contributed by atoms with van der Waals surface area (Å²) in [5, 5.41) is 24.6. The van der Waals surface area contributed by atoms with E-state index in [1.807, 2.05) is 0 Å². The largest absolute Gasteiger partial charge is 0.502 e. The Labute approximate surface area is 167 Å². The molecule has 2 fully saturated rings. The van der Waals surface area contributed by atoms with E-state index in [1.165, 1.54) is 24.4 Å². The van der Waals surface area contributed by atoms with E-state index in [0.29, 0.717) is 23.4 Å². The standard InChI is InChI=1S/C18H22N8O3/c27-15-6-5-13(11-14(15)26(28)29)12-19-23-16-20-17(24-7-1-2-8-24)22-18(21-16)25-9-3-4-10-25/h5-6,11-12,27H,1-4,7-10H2,(H,20,21,22,23)/b19-12-. The van der Waals surface area contributed by atoms with Crippen molar-refractivity contribution >= 4 is 29.7 Å². The summed E-state index contributed by atoms with van der Waals surface area (Å²) in [7, 11) is 0. The number of nitrogens with one attached hydrogen (secondary N) is 1. The lowest BCUT2D eigenvalue weighted by molar-refractivity contribution is -0.385. The number of anilines is 3. The number of hydrogen-bond donors (Lipinski definition) is 2. The van der Waals surface area contributed by atoms with E-state index in [-0.39, 0.29) is 11.4 Å². The van der Waals surface area contributed by atoms with Crippen LogP contribution in [-0.2, 0) is 0 Å². The lowest BCUT2D eigenvalue weighted by atomic mass is 10.2. The fourth-order valence-corrected chi connectivity index (χ4v) is 3.45. The smallest absolute Gasteiger partial charge is 0.311 e. The summed E-state index contributed by atoms with van der Waals surface area (Å²) in [5.74, 6) is 1.21. The molecule has 0 radical (unpaired) electrons. The minimum absolute atomic E-state index is 0.327. The normalized spacial score (nSPS) is 16.7. The molecule has 0 atom stereocenters. The Morgan fingerprint density at radius 3 is 2.17 bits per heavy atom. The number of aromatic hydroxyl groups is 1. The fourth-order valence-electron chi connectivity index (χ4n) is 3.45. The summed E-state index contributed by atoms with van der Waals surface area (Å²) in [5.41, 5.74) is 2.90. The zero-order valence-corrected chi connectivity index (χ0v) is 15.9. The third-order valence-electron chi connectivity index (χ3n) is 4.96. The Balaban J connectivity index is 1.55. The molecule has 2 aliphatic heterocycles.